The van der Waals surface area contributed by atoms with Crippen molar-refractivity contribution in [3.05, 3.63) is 29.8 Å². The standard InChI is InChI=1S/C15H20N2O3/c1-11(18)17-13-6-4-12(5-7-13)9-15(19)16-10-14-3-2-8-20-14/h4-7,14H,2-3,8-10H2,1H3,(H,16,19)(H,17,18)/t14-/m1/s1. The molecule has 1 heterocycles. The molecule has 0 spiro atoms. The van der Waals surface area contributed by atoms with E-state index in [0.29, 0.717) is 13.0 Å². The number of carbonyl (C=O) groups excluding carboxylic acids is 2. The lowest BCUT2D eigenvalue weighted by Gasteiger charge is -2.11. The van der Waals surface area contributed by atoms with E-state index in [-0.39, 0.29) is 17.9 Å². The molecule has 1 aromatic rings. The van der Waals surface area contributed by atoms with Gasteiger partial charge in [-0.15, -0.1) is 0 Å². The summed E-state index contributed by atoms with van der Waals surface area (Å²) in [6.07, 6.45) is 2.60. The highest BCUT2D eigenvalue weighted by Crippen LogP contribution is 2.11. The number of ether oxygens (including phenoxy) is 1. The Morgan fingerprint density at radius 2 is 2.05 bits per heavy atom. The van der Waals surface area contributed by atoms with E-state index in [1.165, 1.54) is 6.92 Å². The number of anilines is 1. The monoisotopic (exact) mass is 276 g/mol. The van der Waals surface area contributed by atoms with Crippen molar-refractivity contribution in [2.45, 2.75) is 32.3 Å². The quantitative estimate of drug-likeness (QED) is 0.856. The molecular weight excluding hydrogens is 256 g/mol. The van der Waals surface area contributed by atoms with E-state index in [1.807, 2.05) is 12.1 Å². The van der Waals surface area contributed by atoms with E-state index in [9.17, 15) is 9.59 Å². The van der Waals surface area contributed by atoms with E-state index in [1.54, 1.807) is 12.1 Å². The average molecular weight is 276 g/mol. The second kappa shape index (κ2) is 7.05. The van der Waals surface area contributed by atoms with E-state index in [2.05, 4.69) is 10.6 Å². The van der Waals surface area contributed by atoms with Gasteiger partial charge < -0.3 is 15.4 Å². The molecule has 1 aliphatic rings. The zero-order chi connectivity index (χ0) is 14.4. The number of amides is 2. The van der Waals surface area contributed by atoms with Gasteiger partial charge in [-0.2, -0.15) is 0 Å². The molecule has 0 aromatic heterocycles. The molecule has 20 heavy (non-hydrogen) atoms. The second-order valence-corrected chi connectivity index (χ2v) is 4.99. The first-order chi connectivity index (χ1) is 9.63. The first-order valence-electron chi connectivity index (χ1n) is 6.88. The van der Waals surface area contributed by atoms with E-state index < -0.39 is 0 Å². The first kappa shape index (κ1) is 14.5. The Kier molecular flexibility index (Phi) is 5.12. The van der Waals surface area contributed by atoms with Gasteiger partial charge in [-0.3, -0.25) is 9.59 Å². The molecule has 5 heteroatoms. The van der Waals surface area contributed by atoms with Gasteiger partial charge in [-0.25, -0.2) is 0 Å². The highest BCUT2D eigenvalue weighted by Gasteiger charge is 2.16. The zero-order valence-corrected chi connectivity index (χ0v) is 11.6. The lowest BCUT2D eigenvalue weighted by Crippen LogP contribution is -2.32. The van der Waals surface area contributed by atoms with Crippen molar-refractivity contribution in [2.24, 2.45) is 0 Å². The van der Waals surface area contributed by atoms with Crippen LogP contribution < -0.4 is 10.6 Å². The summed E-state index contributed by atoms with van der Waals surface area (Å²) in [6, 6.07) is 7.28. The summed E-state index contributed by atoms with van der Waals surface area (Å²) in [5.41, 5.74) is 1.66. The van der Waals surface area contributed by atoms with Gasteiger partial charge in [-0.05, 0) is 30.5 Å². The summed E-state index contributed by atoms with van der Waals surface area (Å²) in [5, 5.41) is 5.58. The molecule has 0 saturated carbocycles. The third-order valence-electron chi connectivity index (χ3n) is 3.19. The number of rotatable bonds is 5. The van der Waals surface area contributed by atoms with Gasteiger partial charge in [0.2, 0.25) is 11.8 Å². The molecule has 0 aliphatic carbocycles. The van der Waals surface area contributed by atoms with Crippen molar-refractivity contribution >= 4 is 17.5 Å². The fraction of sp³-hybridized carbons (Fsp3) is 0.467. The number of carbonyl (C=O) groups is 2. The predicted molar refractivity (Wildman–Crippen MR) is 76.4 cm³/mol. The third-order valence-corrected chi connectivity index (χ3v) is 3.19. The molecule has 1 aromatic carbocycles. The van der Waals surface area contributed by atoms with Gasteiger partial charge >= 0.3 is 0 Å². The summed E-state index contributed by atoms with van der Waals surface area (Å²) in [7, 11) is 0. The number of hydrogen-bond donors (Lipinski definition) is 2. The van der Waals surface area contributed by atoms with Crippen LogP contribution in [0.25, 0.3) is 0 Å². The topological polar surface area (TPSA) is 67.4 Å². The number of hydrogen-bond acceptors (Lipinski definition) is 3. The van der Waals surface area contributed by atoms with Crippen molar-refractivity contribution in [1.29, 1.82) is 0 Å². The molecular formula is C15H20N2O3. The van der Waals surface area contributed by atoms with E-state index >= 15 is 0 Å². The Morgan fingerprint density at radius 3 is 2.65 bits per heavy atom. The van der Waals surface area contributed by atoms with Crippen LogP contribution in [0, 0.1) is 0 Å². The van der Waals surface area contributed by atoms with Crippen LogP contribution >= 0.6 is 0 Å². The molecule has 1 fully saturated rings. The maximum absolute atomic E-state index is 11.8. The first-order valence-corrected chi connectivity index (χ1v) is 6.88. The Bertz CT molecular complexity index is 465. The zero-order valence-electron chi connectivity index (χ0n) is 11.6. The molecule has 2 N–H and O–H groups in total. The third kappa shape index (κ3) is 4.66. The summed E-state index contributed by atoms with van der Waals surface area (Å²) in [5.74, 6) is -0.111. The van der Waals surface area contributed by atoms with Crippen molar-refractivity contribution in [1.82, 2.24) is 5.32 Å². The lowest BCUT2D eigenvalue weighted by atomic mass is 10.1. The van der Waals surface area contributed by atoms with Gasteiger partial charge in [-0.1, -0.05) is 12.1 Å². The number of benzene rings is 1. The normalized spacial score (nSPS) is 17.8. The summed E-state index contributed by atoms with van der Waals surface area (Å²) in [6.45, 7) is 2.85. The van der Waals surface area contributed by atoms with E-state index in [0.717, 1.165) is 30.7 Å². The van der Waals surface area contributed by atoms with Crippen LogP contribution in [0.1, 0.15) is 25.3 Å². The van der Waals surface area contributed by atoms with Crippen LogP contribution in [0.15, 0.2) is 24.3 Å². The van der Waals surface area contributed by atoms with Gasteiger partial charge in [0.15, 0.2) is 0 Å². The van der Waals surface area contributed by atoms with Gasteiger partial charge in [0.1, 0.15) is 0 Å². The highest BCUT2D eigenvalue weighted by atomic mass is 16.5. The highest BCUT2D eigenvalue weighted by molar-refractivity contribution is 5.88. The van der Waals surface area contributed by atoms with Crippen molar-refractivity contribution in [3.8, 4) is 0 Å². The van der Waals surface area contributed by atoms with Crippen LogP contribution in [0.2, 0.25) is 0 Å². The number of nitrogens with one attached hydrogen (secondary N) is 2. The fourth-order valence-electron chi connectivity index (χ4n) is 2.19. The molecule has 2 rings (SSSR count). The molecule has 1 aliphatic heterocycles. The summed E-state index contributed by atoms with van der Waals surface area (Å²) >= 11 is 0. The van der Waals surface area contributed by atoms with Gasteiger partial charge in [0, 0.05) is 25.8 Å². The molecule has 1 atom stereocenters. The Balaban J connectivity index is 1.76. The fourth-order valence-corrected chi connectivity index (χ4v) is 2.19. The maximum atomic E-state index is 11.8. The second-order valence-electron chi connectivity index (χ2n) is 4.99. The Hall–Kier alpha value is -1.88. The molecule has 108 valence electrons. The predicted octanol–water partition coefficient (Wildman–Crippen LogP) is 1.48. The van der Waals surface area contributed by atoms with Crippen LogP contribution in [0.4, 0.5) is 5.69 Å². The van der Waals surface area contributed by atoms with E-state index in [4.69, 9.17) is 4.74 Å². The molecule has 0 unspecified atom stereocenters. The van der Waals surface area contributed by atoms with Crippen molar-refractivity contribution in [2.75, 3.05) is 18.5 Å². The average Bonchev–Trinajstić information content (AvgIpc) is 2.91. The van der Waals surface area contributed by atoms with Crippen LogP contribution in [-0.4, -0.2) is 31.1 Å². The maximum Gasteiger partial charge on any atom is 0.224 e. The smallest absolute Gasteiger partial charge is 0.224 e. The Labute approximate surface area is 118 Å². The molecule has 5 nitrogen and oxygen atoms in total. The lowest BCUT2D eigenvalue weighted by molar-refractivity contribution is -0.121. The van der Waals surface area contributed by atoms with Gasteiger partial charge in [0.05, 0.1) is 12.5 Å². The molecule has 0 bridgehead atoms. The van der Waals surface area contributed by atoms with Crippen molar-refractivity contribution in [3.63, 3.8) is 0 Å². The van der Waals surface area contributed by atoms with Crippen LogP contribution in [0.5, 0.6) is 0 Å². The minimum Gasteiger partial charge on any atom is -0.376 e. The van der Waals surface area contributed by atoms with Crippen molar-refractivity contribution < 1.29 is 14.3 Å². The van der Waals surface area contributed by atoms with Crippen LogP contribution in [0.3, 0.4) is 0 Å². The van der Waals surface area contributed by atoms with Crippen LogP contribution in [-0.2, 0) is 20.7 Å². The minimum absolute atomic E-state index is 0.00669. The van der Waals surface area contributed by atoms with Gasteiger partial charge in [0.25, 0.3) is 0 Å². The summed E-state index contributed by atoms with van der Waals surface area (Å²) in [4.78, 5) is 22.7. The Morgan fingerprint density at radius 1 is 1.30 bits per heavy atom. The SMILES string of the molecule is CC(=O)Nc1ccc(CC(=O)NC[C@H]2CCCO2)cc1. The largest absolute Gasteiger partial charge is 0.376 e. The minimum atomic E-state index is -0.105. The molecule has 2 amide bonds. The molecule has 0 radical (unpaired) electrons. The summed E-state index contributed by atoms with van der Waals surface area (Å²) < 4.78 is 5.45. The molecule has 1 saturated heterocycles.